The highest BCUT2D eigenvalue weighted by atomic mass is 79.9. The van der Waals surface area contributed by atoms with Gasteiger partial charge in [0, 0.05) is 21.7 Å². The topological polar surface area (TPSA) is 48.1 Å². The Labute approximate surface area is 133 Å². The normalized spacial score (nSPS) is 10.8. The maximum atomic E-state index is 13.9. The van der Waals surface area contributed by atoms with Crippen molar-refractivity contribution in [3.8, 4) is 11.5 Å². The number of ether oxygens (including phenoxy) is 1. The fraction of sp³-hybridized carbons (Fsp3) is 0. The van der Waals surface area contributed by atoms with Crippen LogP contribution in [-0.4, -0.2) is 4.98 Å². The molecule has 2 N–H and O–H groups in total. The minimum Gasteiger partial charge on any atom is -0.452 e. The first-order chi connectivity index (χ1) is 10.1. The number of anilines is 1. The van der Waals surface area contributed by atoms with Crippen LogP contribution >= 0.6 is 27.5 Å². The van der Waals surface area contributed by atoms with Gasteiger partial charge < -0.3 is 10.5 Å². The lowest BCUT2D eigenvalue weighted by Gasteiger charge is -2.11. The van der Waals surface area contributed by atoms with E-state index >= 15 is 0 Å². The molecule has 0 saturated heterocycles. The van der Waals surface area contributed by atoms with E-state index in [2.05, 4.69) is 20.9 Å². The van der Waals surface area contributed by atoms with Gasteiger partial charge in [0.1, 0.15) is 5.52 Å². The highest BCUT2D eigenvalue weighted by molar-refractivity contribution is 9.10. The number of hydrogen-bond donors (Lipinski definition) is 1. The van der Waals surface area contributed by atoms with Gasteiger partial charge in [-0.15, -0.1) is 0 Å². The second-order valence-corrected chi connectivity index (χ2v) is 5.68. The first kappa shape index (κ1) is 14.1. The molecular weight excluding hydrogens is 359 g/mol. The van der Waals surface area contributed by atoms with Crippen molar-refractivity contribution in [2.24, 2.45) is 0 Å². The number of fused-ring (bicyclic) bond motifs is 1. The minimum absolute atomic E-state index is 0.00274. The molecule has 0 spiro atoms. The summed E-state index contributed by atoms with van der Waals surface area (Å²) in [4.78, 5) is 4.28. The van der Waals surface area contributed by atoms with Crippen molar-refractivity contribution in [2.45, 2.75) is 0 Å². The van der Waals surface area contributed by atoms with Crippen molar-refractivity contribution in [2.75, 3.05) is 5.73 Å². The molecule has 0 radical (unpaired) electrons. The number of nitrogens with zero attached hydrogens (tertiary/aromatic N) is 1. The third kappa shape index (κ3) is 2.66. The van der Waals surface area contributed by atoms with Gasteiger partial charge >= 0.3 is 0 Å². The Morgan fingerprint density at radius 1 is 1.19 bits per heavy atom. The van der Waals surface area contributed by atoms with Gasteiger partial charge in [-0.25, -0.2) is 4.39 Å². The number of nitrogens with two attached hydrogens (primary N) is 1. The van der Waals surface area contributed by atoms with Crippen molar-refractivity contribution in [1.29, 1.82) is 0 Å². The van der Waals surface area contributed by atoms with E-state index in [1.807, 2.05) is 6.07 Å². The summed E-state index contributed by atoms with van der Waals surface area (Å²) in [7, 11) is 0. The molecule has 0 aliphatic heterocycles. The Morgan fingerprint density at radius 2 is 2.00 bits per heavy atom. The van der Waals surface area contributed by atoms with Gasteiger partial charge in [0.2, 0.25) is 0 Å². The molecule has 0 fully saturated rings. The molecule has 6 heteroatoms. The molecule has 21 heavy (non-hydrogen) atoms. The molecule has 3 aromatic rings. The second kappa shape index (κ2) is 5.50. The summed E-state index contributed by atoms with van der Waals surface area (Å²) < 4.78 is 20.3. The summed E-state index contributed by atoms with van der Waals surface area (Å²) in [5, 5.41) is 0.729. The van der Waals surface area contributed by atoms with E-state index in [9.17, 15) is 4.39 Å². The zero-order chi connectivity index (χ0) is 15.0. The molecule has 0 aliphatic rings. The highest BCUT2D eigenvalue weighted by Gasteiger charge is 2.12. The van der Waals surface area contributed by atoms with E-state index in [4.69, 9.17) is 22.1 Å². The van der Waals surface area contributed by atoms with E-state index < -0.39 is 5.82 Å². The van der Waals surface area contributed by atoms with Crippen LogP contribution in [-0.2, 0) is 0 Å². The molecular formula is C15H9BrClFN2O. The van der Waals surface area contributed by atoms with E-state index in [1.54, 1.807) is 24.4 Å². The average molecular weight is 368 g/mol. The van der Waals surface area contributed by atoms with Crippen molar-refractivity contribution in [3.63, 3.8) is 0 Å². The lowest BCUT2D eigenvalue weighted by Crippen LogP contribution is -1.94. The maximum absolute atomic E-state index is 13.9. The second-order valence-electron chi connectivity index (χ2n) is 4.36. The third-order valence-corrected chi connectivity index (χ3v) is 3.67. The van der Waals surface area contributed by atoms with Crippen molar-refractivity contribution < 1.29 is 9.13 Å². The molecule has 0 bridgehead atoms. The van der Waals surface area contributed by atoms with E-state index in [0.29, 0.717) is 17.0 Å². The third-order valence-electron chi connectivity index (χ3n) is 2.95. The average Bonchev–Trinajstić information content (AvgIpc) is 2.47. The lowest BCUT2D eigenvalue weighted by molar-refractivity contribution is 0.446. The summed E-state index contributed by atoms with van der Waals surface area (Å²) >= 11 is 9.09. The van der Waals surface area contributed by atoms with Crippen LogP contribution < -0.4 is 10.5 Å². The summed E-state index contributed by atoms with van der Waals surface area (Å²) in [6.45, 7) is 0. The zero-order valence-electron chi connectivity index (χ0n) is 10.6. The van der Waals surface area contributed by atoms with E-state index in [-0.39, 0.29) is 10.8 Å². The Balaban J connectivity index is 2.13. The largest absolute Gasteiger partial charge is 0.452 e. The van der Waals surface area contributed by atoms with Gasteiger partial charge in [-0.3, -0.25) is 4.98 Å². The molecule has 106 valence electrons. The standard InChI is InChI=1S/C15H9BrClFN2O/c16-8-6-9-11(19)4-5-13(15(9)20-7-8)21-12-3-1-2-10(17)14(12)18/h1-7H,19H2. The number of nitrogen functional groups attached to an aromatic ring is 1. The molecule has 1 aromatic heterocycles. The van der Waals surface area contributed by atoms with Crippen molar-refractivity contribution in [1.82, 2.24) is 4.98 Å². The fourth-order valence-corrected chi connectivity index (χ4v) is 2.45. The Morgan fingerprint density at radius 3 is 2.81 bits per heavy atom. The Bertz CT molecular complexity index is 841. The number of halogens is 3. The quantitative estimate of drug-likeness (QED) is 0.636. The summed E-state index contributed by atoms with van der Waals surface area (Å²) in [5.41, 5.74) is 7.05. The lowest BCUT2D eigenvalue weighted by atomic mass is 10.1. The zero-order valence-corrected chi connectivity index (χ0v) is 13.0. The van der Waals surface area contributed by atoms with Crippen LogP contribution in [0.25, 0.3) is 10.9 Å². The van der Waals surface area contributed by atoms with Gasteiger partial charge in [0.25, 0.3) is 0 Å². The van der Waals surface area contributed by atoms with Crippen LogP contribution in [0.5, 0.6) is 11.5 Å². The van der Waals surface area contributed by atoms with Crippen LogP contribution in [0.1, 0.15) is 0 Å². The summed E-state index contributed by atoms with van der Waals surface area (Å²) in [5.74, 6) is -0.160. The Hall–Kier alpha value is -1.85. The summed E-state index contributed by atoms with van der Waals surface area (Å²) in [6.07, 6.45) is 1.63. The molecule has 3 nitrogen and oxygen atoms in total. The molecule has 0 unspecified atom stereocenters. The first-order valence-corrected chi connectivity index (χ1v) is 7.19. The monoisotopic (exact) mass is 366 g/mol. The van der Waals surface area contributed by atoms with Gasteiger partial charge in [-0.1, -0.05) is 17.7 Å². The number of rotatable bonds is 2. The molecule has 0 amide bonds. The van der Waals surface area contributed by atoms with Crippen LogP contribution in [0.2, 0.25) is 5.02 Å². The molecule has 0 aliphatic carbocycles. The van der Waals surface area contributed by atoms with Gasteiger partial charge in [-0.05, 0) is 46.3 Å². The molecule has 1 heterocycles. The van der Waals surface area contributed by atoms with Crippen LogP contribution in [0, 0.1) is 5.82 Å². The van der Waals surface area contributed by atoms with E-state index in [0.717, 1.165) is 9.86 Å². The van der Waals surface area contributed by atoms with Crippen molar-refractivity contribution >= 4 is 44.1 Å². The smallest absolute Gasteiger partial charge is 0.184 e. The first-order valence-electron chi connectivity index (χ1n) is 6.02. The SMILES string of the molecule is Nc1ccc(Oc2cccc(Cl)c2F)c2ncc(Br)cc12. The fourth-order valence-electron chi connectivity index (χ4n) is 1.95. The predicted octanol–water partition coefficient (Wildman–Crippen LogP) is 5.16. The summed E-state index contributed by atoms with van der Waals surface area (Å²) in [6, 6.07) is 9.75. The van der Waals surface area contributed by atoms with Gasteiger partial charge in [0.15, 0.2) is 17.3 Å². The number of hydrogen-bond acceptors (Lipinski definition) is 3. The van der Waals surface area contributed by atoms with Crippen LogP contribution in [0.15, 0.2) is 47.1 Å². The van der Waals surface area contributed by atoms with Crippen LogP contribution in [0.4, 0.5) is 10.1 Å². The number of benzene rings is 2. The predicted molar refractivity (Wildman–Crippen MR) is 85.3 cm³/mol. The Kier molecular flexibility index (Phi) is 3.69. The maximum Gasteiger partial charge on any atom is 0.184 e. The van der Waals surface area contributed by atoms with Crippen molar-refractivity contribution in [3.05, 3.63) is 57.9 Å². The highest BCUT2D eigenvalue weighted by Crippen LogP contribution is 2.35. The minimum atomic E-state index is -0.610. The molecule has 2 aromatic carbocycles. The molecule has 0 saturated carbocycles. The molecule has 3 rings (SSSR count). The van der Waals surface area contributed by atoms with Gasteiger partial charge in [-0.2, -0.15) is 0 Å². The van der Waals surface area contributed by atoms with Crippen LogP contribution in [0.3, 0.4) is 0 Å². The number of pyridine rings is 1. The molecule has 0 atom stereocenters. The van der Waals surface area contributed by atoms with E-state index in [1.165, 1.54) is 12.1 Å². The number of aromatic nitrogens is 1. The van der Waals surface area contributed by atoms with Gasteiger partial charge in [0.05, 0.1) is 5.02 Å².